The summed E-state index contributed by atoms with van der Waals surface area (Å²) in [6, 6.07) is 6.19. The minimum atomic E-state index is -1.36. The van der Waals surface area contributed by atoms with Gasteiger partial charge < -0.3 is 0 Å². The Hall–Kier alpha value is 1.56. The molecule has 1 rings (SSSR count). The molecule has 1 heterocycles. The molecule has 0 aromatic carbocycles. The molecule has 0 aliphatic carbocycles. The highest BCUT2D eigenvalue weighted by atomic mass is 79.9. The fraction of sp³-hybridized carbons (Fsp3) is 1.00. The van der Waals surface area contributed by atoms with Crippen LogP contribution < -0.4 is 0 Å². The average Bonchev–Trinajstić information content (AvgIpc) is 3.00. The third-order valence-electron chi connectivity index (χ3n) is 7.74. The summed E-state index contributed by atoms with van der Waals surface area (Å²) in [5.74, 6) is 0. The van der Waals surface area contributed by atoms with Crippen molar-refractivity contribution in [3.05, 3.63) is 0 Å². The maximum absolute atomic E-state index is 4.72. The van der Waals surface area contributed by atoms with Crippen LogP contribution in [0, 0.1) is 0 Å². The van der Waals surface area contributed by atoms with E-state index in [-0.39, 0.29) is 0 Å². The highest BCUT2D eigenvalue weighted by Crippen LogP contribution is 2.77. The van der Waals surface area contributed by atoms with E-state index in [0.29, 0.717) is 0 Å². The second kappa shape index (κ2) is 6.87. The van der Waals surface area contributed by atoms with E-state index in [1.165, 1.54) is 18.1 Å². The number of hydrogen-bond acceptors (Lipinski definition) is 0. The first-order chi connectivity index (χ1) is 10.5. The van der Waals surface area contributed by atoms with Crippen LogP contribution in [0.4, 0.5) is 0 Å². The van der Waals surface area contributed by atoms with E-state index < -0.39 is 39.0 Å². The van der Waals surface area contributed by atoms with Gasteiger partial charge in [0.1, 0.15) is 6.69 Å². The Labute approximate surface area is 166 Å². The Morgan fingerprint density at radius 3 is 1.25 bits per heavy atom. The molecule has 1 saturated heterocycles. The van der Waals surface area contributed by atoms with Crippen molar-refractivity contribution >= 4 is 54.3 Å². The predicted octanol–water partition coefficient (Wildman–Crippen LogP) is 8.13. The van der Waals surface area contributed by atoms with Crippen LogP contribution in [0.5, 0.6) is 0 Å². The predicted molar refractivity (Wildman–Crippen MR) is 133 cm³/mol. The van der Waals surface area contributed by atoms with Gasteiger partial charge in [-0.05, 0) is 15.1 Å². The van der Waals surface area contributed by atoms with Gasteiger partial charge in [-0.3, -0.25) is 0 Å². The Bertz CT molecular complexity index is 409. The highest BCUT2D eigenvalue weighted by Gasteiger charge is 2.80. The molecule has 6 heteroatoms. The van der Waals surface area contributed by atoms with Crippen molar-refractivity contribution in [1.29, 1.82) is 0 Å². The Morgan fingerprint density at radius 2 is 1.04 bits per heavy atom. The molecule has 0 spiro atoms. The van der Waals surface area contributed by atoms with E-state index in [1.54, 1.807) is 6.04 Å². The lowest BCUT2D eigenvalue weighted by Crippen LogP contribution is -2.72. The quantitative estimate of drug-likeness (QED) is 0.242. The molecule has 1 aliphatic heterocycles. The lowest BCUT2D eigenvalue weighted by molar-refractivity contribution is 1.12. The Morgan fingerprint density at radius 1 is 0.750 bits per heavy atom. The van der Waals surface area contributed by atoms with Gasteiger partial charge in [0.15, 0.2) is 0 Å². The smallest absolute Gasteiger partial charge is 0.127 e. The summed E-state index contributed by atoms with van der Waals surface area (Å²) in [5, 5.41) is 1.16. The molecule has 24 heavy (non-hydrogen) atoms. The Kier molecular flexibility index (Phi) is 6.75. The van der Waals surface area contributed by atoms with Crippen LogP contribution in [0.15, 0.2) is 0 Å². The van der Waals surface area contributed by atoms with Crippen LogP contribution >= 0.6 is 15.3 Å². The van der Waals surface area contributed by atoms with Crippen LogP contribution in [0.3, 0.4) is 0 Å². The molecule has 0 N–H and O–H groups in total. The summed E-state index contributed by atoms with van der Waals surface area (Å²) in [4.78, 5) is 0. The molecule has 1 aliphatic rings. The maximum Gasteiger partial charge on any atom is 0.128 e. The molecular weight excluding hydrogens is 437 g/mol. The fourth-order valence-electron chi connectivity index (χ4n) is 8.09. The van der Waals surface area contributed by atoms with Gasteiger partial charge in [-0.15, -0.1) is 15.3 Å². The molecule has 0 bridgehead atoms. The monoisotopic (exact) mass is 480 g/mol. The third-order valence-corrected chi connectivity index (χ3v) is 60.4. The Balaban J connectivity index is 3.66. The van der Waals surface area contributed by atoms with Crippen molar-refractivity contribution in [3.63, 3.8) is 0 Å². The van der Waals surface area contributed by atoms with Crippen LogP contribution in [0.25, 0.3) is 0 Å². The molecule has 0 amide bonds. The molecule has 0 aromatic rings. The topological polar surface area (TPSA) is 0 Å². The van der Waals surface area contributed by atoms with Gasteiger partial charge in [0.2, 0.25) is 0 Å². The second-order valence-electron chi connectivity index (χ2n) is 11.5. The van der Waals surface area contributed by atoms with Gasteiger partial charge >= 0.3 is 0 Å². The largest absolute Gasteiger partial charge is 0.128 e. The van der Waals surface area contributed by atoms with Crippen molar-refractivity contribution in [2.75, 3.05) is 0 Å². The zero-order valence-electron chi connectivity index (χ0n) is 18.8. The lowest BCUT2D eigenvalue weighted by atomic mass is 10.9. The molecule has 1 fully saturated rings. The number of hydrogen-bond donors (Lipinski definition) is 0. The van der Waals surface area contributed by atoms with E-state index in [1.807, 2.05) is 0 Å². The first-order valence-corrected chi connectivity index (χ1v) is 28.0. The third kappa shape index (κ3) is 3.17. The second-order valence-corrected chi connectivity index (χ2v) is 44.2. The fourth-order valence-corrected chi connectivity index (χ4v) is 91.0. The van der Waals surface area contributed by atoms with E-state index in [0.717, 1.165) is 9.07 Å². The van der Waals surface area contributed by atoms with Gasteiger partial charge in [-0.1, -0.05) is 97.8 Å². The van der Waals surface area contributed by atoms with Gasteiger partial charge in [-0.2, -0.15) is 0 Å². The molecule has 2 unspecified atom stereocenters. The summed E-state index contributed by atoms with van der Waals surface area (Å²) >= 11 is 4.72. The number of halogens is 1. The SMILES string of the molecule is CC[Si](CC)(CC)C1C[Si]1(Br)C([Si](C)(C)C)([Si](C)(C)C)[Si](C)(C)C. The minimum Gasteiger partial charge on any atom is -0.127 e. The molecular formula is C18H45BrSi5. The lowest BCUT2D eigenvalue weighted by Gasteiger charge is -2.62. The van der Waals surface area contributed by atoms with Crippen molar-refractivity contribution in [1.82, 2.24) is 0 Å². The summed E-state index contributed by atoms with van der Waals surface area (Å²) < 4.78 is 0.794. The highest BCUT2D eigenvalue weighted by molar-refractivity contribution is 9.27. The van der Waals surface area contributed by atoms with E-state index in [4.69, 9.17) is 15.3 Å². The van der Waals surface area contributed by atoms with Crippen LogP contribution in [-0.2, 0) is 0 Å². The average molecular weight is 482 g/mol. The van der Waals surface area contributed by atoms with E-state index in [9.17, 15) is 0 Å². The van der Waals surface area contributed by atoms with E-state index >= 15 is 0 Å². The molecule has 2 atom stereocenters. The summed E-state index contributed by atoms with van der Waals surface area (Å²) in [6.07, 6.45) is 0. The van der Waals surface area contributed by atoms with Gasteiger partial charge in [0.25, 0.3) is 0 Å². The molecule has 0 nitrogen and oxygen atoms in total. The van der Waals surface area contributed by atoms with Gasteiger partial charge in [0.05, 0.1) is 8.07 Å². The van der Waals surface area contributed by atoms with E-state index in [2.05, 4.69) is 79.7 Å². The first-order valence-electron chi connectivity index (χ1n) is 10.2. The van der Waals surface area contributed by atoms with Gasteiger partial charge in [0, 0.05) is 24.2 Å². The normalized spacial score (nSPS) is 26.6. The summed E-state index contributed by atoms with van der Waals surface area (Å²) in [7, 11) is -4.92. The first kappa shape index (κ1) is 23.6. The number of rotatable bonds is 8. The van der Waals surface area contributed by atoms with Crippen molar-refractivity contribution in [3.8, 4) is 0 Å². The maximum atomic E-state index is 4.72. The zero-order chi connectivity index (χ0) is 19.4. The molecule has 144 valence electrons. The summed E-state index contributed by atoms with van der Waals surface area (Å²) in [6.45, 7) is 30.9. The van der Waals surface area contributed by atoms with Gasteiger partial charge in [-0.25, -0.2) is 0 Å². The molecule has 0 radical (unpaired) electrons. The van der Waals surface area contributed by atoms with Crippen LogP contribution in [0.2, 0.25) is 92.2 Å². The van der Waals surface area contributed by atoms with Crippen LogP contribution in [-0.4, -0.2) is 39.0 Å². The molecule has 0 saturated carbocycles. The van der Waals surface area contributed by atoms with Crippen molar-refractivity contribution in [2.24, 2.45) is 0 Å². The minimum absolute atomic E-state index is 0.794. The standard InChI is InChI=1S/C18H45BrSi5/c1-13-23(14-2,15-3)17-16-24(17,19)18(20(4,5)6,21(7,8)9)22(10,11)12/h17H,13-16H2,1-12H3. The van der Waals surface area contributed by atoms with Crippen molar-refractivity contribution < 1.29 is 0 Å². The summed E-state index contributed by atoms with van der Waals surface area (Å²) in [5.41, 5.74) is 0. The van der Waals surface area contributed by atoms with Crippen LogP contribution in [0.1, 0.15) is 20.8 Å². The van der Waals surface area contributed by atoms with Crippen molar-refractivity contribution in [2.45, 2.75) is 113 Å². The zero-order valence-corrected chi connectivity index (χ0v) is 25.4. The molecule has 0 aromatic heterocycles.